The highest BCUT2D eigenvalue weighted by molar-refractivity contribution is 6.06. The Kier molecular flexibility index (Phi) is 2.90. The molecule has 3 aromatic rings. The molecule has 96 valence electrons. The molecule has 0 saturated heterocycles. The van der Waals surface area contributed by atoms with Gasteiger partial charge in [-0.15, -0.1) is 0 Å². The molecule has 0 fully saturated rings. The molecule has 0 unspecified atom stereocenters. The quantitative estimate of drug-likeness (QED) is 0.745. The molecule has 0 aliphatic heterocycles. The number of hydrogen-bond donors (Lipinski definition) is 2. The van der Waals surface area contributed by atoms with E-state index in [1.807, 2.05) is 12.1 Å². The third-order valence-corrected chi connectivity index (χ3v) is 2.95. The minimum Gasteiger partial charge on any atom is -0.322 e. The zero-order valence-electron chi connectivity index (χ0n) is 10.4. The lowest BCUT2D eigenvalue weighted by Crippen LogP contribution is -2.11. The fourth-order valence-corrected chi connectivity index (χ4v) is 1.95. The molecule has 0 atom stereocenters. The molecule has 1 amide bonds. The summed E-state index contributed by atoms with van der Waals surface area (Å²) >= 11 is 0. The van der Waals surface area contributed by atoms with Crippen molar-refractivity contribution < 1.29 is 4.79 Å². The van der Waals surface area contributed by atoms with E-state index in [9.17, 15) is 4.79 Å². The molecule has 0 spiro atoms. The van der Waals surface area contributed by atoms with E-state index in [0.29, 0.717) is 16.8 Å². The SMILES string of the molecule is N#Cc1cccc(NC(=O)c2ccc3[nH]ncc3c2)c1. The van der Waals surface area contributed by atoms with Crippen LogP contribution in [0.3, 0.4) is 0 Å². The zero-order valence-corrected chi connectivity index (χ0v) is 10.4. The van der Waals surface area contributed by atoms with Gasteiger partial charge in [-0.3, -0.25) is 9.89 Å². The lowest BCUT2D eigenvalue weighted by Gasteiger charge is -2.05. The maximum atomic E-state index is 12.2. The number of hydrogen-bond acceptors (Lipinski definition) is 3. The van der Waals surface area contributed by atoms with Crippen LogP contribution in [0.15, 0.2) is 48.7 Å². The fourth-order valence-electron chi connectivity index (χ4n) is 1.95. The summed E-state index contributed by atoms with van der Waals surface area (Å²) in [6, 6.07) is 14.1. The van der Waals surface area contributed by atoms with Crippen LogP contribution < -0.4 is 5.32 Å². The second-order valence-corrected chi connectivity index (χ2v) is 4.32. The molecule has 0 saturated carbocycles. The highest BCUT2D eigenvalue weighted by Gasteiger charge is 2.08. The lowest BCUT2D eigenvalue weighted by molar-refractivity contribution is 0.102. The van der Waals surface area contributed by atoms with E-state index >= 15 is 0 Å². The van der Waals surface area contributed by atoms with E-state index in [4.69, 9.17) is 5.26 Å². The van der Waals surface area contributed by atoms with Crippen molar-refractivity contribution in [3.05, 3.63) is 59.8 Å². The number of rotatable bonds is 2. The van der Waals surface area contributed by atoms with E-state index < -0.39 is 0 Å². The van der Waals surface area contributed by atoms with Gasteiger partial charge in [-0.25, -0.2) is 0 Å². The van der Waals surface area contributed by atoms with E-state index in [1.54, 1.807) is 42.6 Å². The molecule has 3 rings (SSSR count). The number of carbonyl (C=O) groups is 1. The van der Waals surface area contributed by atoms with Crippen LogP contribution >= 0.6 is 0 Å². The number of carbonyl (C=O) groups excluding carboxylic acids is 1. The Hall–Kier alpha value is -3.13. The van der Waals surface area contributed by atoms with Gasteiger partial charge in [-0.05, 0) is 36.4 Å². The molecule has 20 heavy (non-hydrogen) atoms. The topological polar surface area (TPSA) is 81.6 Å². The van der Waals surface area contributed by atoms with Crippen molar-refractivity contribution in [2.24, 2.45) is 0 Å². The number of anilines is 1. The monoisotopic (exact) mass is 262 g/mol. The van der Waals surface area contributed by atoms with Crippen LogP contribution in [0.4, 0.5) is 5.69 Å². The molecule has 0 aliphatic carbocycles. The van der Waals surface area contributed by atoms with Crippen molar-refractivity contribution in [1.82, 2.24) is 10.2 Å². The van der Waals surface area contributed by atoms with Gasteiger partial charge in [0.15, 0.2) is 0 Å². The Morgan fingerprint density at radius 2 is 2.15 bits per heavy atom. The number of nitriles is 1. The largest absolute Gasteiger partial charge is 0.322 e. The Labute approximate surface area is 114 Å². The summed E-state index contributed by atoms with van der Waals surface area (Å²) in [5, 5.41) is 19.2. The molecule has 5 nitrogen and oxygen atoms in total. The van der Waals surface area contributed by atoms with Crippen LogP contribution in [0.1, 0.15) is 15.9 Å². The van der Waals surface area contributed by atoms with Crippen molar-refractivity contribution in [3.8, 4) is 6.07 Å². The van der Waals surface area contributed by atoms with Crippen LogP contribution in [0.2, 0.25) is 0 Å². The van der Waals surface area contributed by atoms with E-state index in [0.717, 1.165) is 10.9 Å². The number of amides is 1. The van der Waals surface area contributed by atoms with Crippen LogP contribution in [0, 0.1) is 11.3 Å². The Morgan fingerprint density at radius 3 is 3.00 bits per heavy atom. The first kappa shape index (κ1) is 11.9. The molecule has 1 aromatic heterocycles. The molecule has 2 aromatic carbocycles. The van der Waals surface area contributed by atoms with Crippen molar-refractivity contribution in [1.29, 1.82) is 5.26 Å². The number of aromatic nitrogens is 2. The average Bonchev–Trinajstić information content (AvgIpc) is 2.94. The summed E-state index contributed by atoms with van der Waals surface area (Å²) in [4.78, 5) is 12.2. The van der Waals surface area contributed by atoms with Gasteiger partial charge in [0.2, 0.25) is 0 Å². The molecule has 5 heteroatoms. The average molecular weight is 262 g/mol. The summed E-state index contributed by atoms with van der Waals surface area (Å²) in [6.45, 7) is 0. The number of H-pyrrole nitrogens is 1. The van der Waals surface area contributed by atoms with Gasteiger partial charge in [0.1, 0.15) is 0 Å². The number of nitrogens with one attached hydrogen (secondary N) is 2. The third-order valence-electron chi connectivity index (χ3n) is 2.95. The van der Waals surface area contributed by atoms with E-state index in [2.05, 4.69) is 15.5 Å². The Balaban J connectivity index is 1.86. The minimum atomic E-state index is -0.219. The highest BCUT2D eigenvalue weighted by atomic mass is 16.1. The first-order valence-corrected chi connectivity index (χ1v) is 6.01. The van der Waals surface area contributed by atoms with E-state index in [-0.39, 0.29) is 5.91 Å². The molecule has 2 N–H and O–H groups in total. The van der Waals surface area contributed by atoms with Crippen molar-refractivity contribution in [2.45, 2.75) is 0 Å². The van der Waals surface area contributed by atoms with Crippen LogP contribution in [0.5, 0.6) is 0 Å². The maximum absolute atomic E-state index is 12.2. The Bertz CT molecular complexity index is 829. The maximum Gasteiger partial charge on any atom is 0.255 e. The van der Waals surface area contributed by atoms with Crippen LogP contribution in [0.25, 0.3) is 10.9 Å². The molecule has 0 radical (unpaired) electrons. The van der Waals surface area contributed by atoms with Crippen molar-refractivity contribution in [3.63, 3.8) is 0 Å². The van der Waals surface area contributed by atoms with E-state index in [1.165, 1.54) is 0 Å². The summed E-state index contributed by atoms with van der Waals surface area (Å²) in [5.74, 6) is -0.219. The van der Waals surface area contributed by atoms with Crippen molar-refractivity contribution >= 4 is 22.5 Å². The van der Waals surface area contributed by atoms with Gasteiger partial charge in [-0.1, -0.05) is 6.07 Å². The molecule has 1 heterocycles. The summed E-state index contributed by atoms with van der Waals surface area (Å²) < 4.78 is 0. The first-order chi connectivity index (χ1) is 9.76. The summed E-state index contributed by atoms with van der Waals surface area (Å²) in [5.41, 5.74) is 2.53. The summed E-state index contributed by atoms with van der Waals surface area (Å²) in [7, 11) is 0. The Morgan fingerprint density at radius 1 is 1.25 bits per heavy atom. The standard InChI is InChI=1S/C15H10N4O/c16-8-10-2-1-3-13(6-10)18-15(20)11-4-5-14-12(7-11)9-17-19-14/h1-7,9H,(H,17,19)(H,18,20). The fraction of sp³-hybridized carbons (Fsp3) is 0. The molecule has 0 aliphatic rings. The second-order valence-electron chi connectivity index (χ2n) is 4.32. The predicted molar refractivity (Wildman–Crippen MR) is 75.2 cm³/mol. The molecule has 0 bridgehead atoms. The van der Waals surface area contributed by atoms with Crippen LogP contribution in [-0.4, -0.2) is 16.1 Å². The number of nitrogens with zero attached hydrogens (tertiary/aromatic N) is 2. The van der Waals surface area contributed by atoms with Gasteiger partial charge in [0.25, 0.3) is 5.91 Å². The lowest BCUT2D eigenvalue weighted by atomic mass is 10.1. The highest BCUT2D eigenvalue weighted by Crippen LogP contribution is 2.15. The third kappa shape index (κ3) is 2.22. The number of fused-ring (bicyclic) bond motifs is 1. The number of aromatic amines is 1. The minimum absolute atomic E-state index is 0.219. The van der Waals surface area contributed by atoms with Gasteiger partial charge >= 0.3 is 0 Å². The van der Waals surface area contributed by atoms with Crippen LogP contribution in [-0.2, 0) is 0 Å². The summed E-state index contributed by atoms with van der Waals surface area (Å²) in [6.07, 6.45) is 1.67. The van der Waals surface area contributed by atoms with Gasteiger partial charge < -0.3 is 5.32 Å². The molecular weight excluding hydrogens is 252 g/mol. The normalized spacial score (nSPS) is 10.2. The molecular formula is C15H10N4O. The van der Waals surface area contributed by atoms with Gasteiger partial charge in [-0.2, -0.15) is 10.4 Å². The number of benzene rings is 2. The second kappa shape index (κ2) is 4.86. The van der Waals surface area contributed by atoms with Crippen molar-refractivity contribution in [2.75, 3.05) is 5.32 Å². The van der Waals surface area contributed by atoms with Gasteiger partial charge in [0, 0.05) is 16.6 Å². The zero-order chi connectivity index (χ0) is 13.9. The van der Waals surface area contributed by atoms with Gasteiger partial charge in [0.05, 0.1) is 23.3 Å². The first-order valence-electron chi connectivity index (χ1n) is 6.01. The smallest absolute Gasteiger partial charge is 0.255 e. The predicted octanol–water partition coefficient (Wildman–Crippen LogP) is 2.69.